The van der Waals surface area contributed by atoms with Crippen LogP contribution in [0.5, 0.6) is 0 Å². The van der Waals surface area contributed by atoms with Crippen molar-refractivity contribution >= 4 is 38.1 Å². The molecule has 4 aromatic rings. The Balaban J connectivity index is 2.12. The summed E-state index contributed by atoms with van der Waals surface area (Å²) in [5.74, 6) is 1.12. The smallest absolute Gasteiger partial charge is 0.162 e. The average molecular weight is 444 g/mol. The molecule has 0 fully saturated rings. The maximum absolute atomic E-state index is 13.2. The minimum Gasteiger partial charge on any atom is -0.324 e. The monoisotopic (exact) mass is 443 g/mol. The normalized spacial score (nSPS) is 14.0. The van der Waals surface area contributed by atoms with Crippen LogP contribution in [0, 0.1) is 27.7 Å². The van der Waals surface area contributed by atoms with Crippen LogP contribution in [-0.4, -0.2) is 44.6 Å². The molecule has 4 aromatic heterocycles. The molecule has 4 rings (SSSR count). The van der Waals surface area contributed by atoms with Crippen LogP contribution in [0.25, 0.3) is 28.1 Å². The molecule has 7 nitrogen and oxygen atoms in total. The number of hydrogen-bond donors (Lipinski definition) is 0. The van der Waals surface area contributed by atoms with Crippen molar-refractivity contribution in [3.05, 3.63) is 34.6 Å². The van der Waals surface area contributed by atoms with Gasteiger partial charge in [-0.15, -0.1) is 0 Å². The summed E-state index contributed by atoms with van der Waals surface area (Å²) in [4.78, 5) is 9.79. The van der Waals surface area contributed by atoms with Gasteiger partial charge in [-0.05, 0) is 44.4 Å². The molecular weight excluding hydrogens is 418 g/mol. The molecule has 0 saturated carbocycles. The third-order valence-electron chi connectivity index (χ3n) is 5.92. The minimum atomic E-state index is -1.22. The lowest BCUT2D eigenvalue weighted by Crippen LogP contribution is -2.03. The fourth-order valence-electron chi connectivity index (χ4n) is 3.81. The fraction of sp³-hybridized carbons (Fsp3) is 0.381. The molecule has 158 valence electrons. The number of fused-ring (bicyclic) bond motifs is 2. The highest BCUT2D eigenvalue weighted by atomic mass is 32.2. The summed E-state index contributed by atoms with van der Waals surface area (Å²) in [7, 11) is -0.518. The highest BCUT2D eigenvalue weighted by Gasteiger charge is 2.26. The standard InChI is InChI=1S/C21H25N5O2S2/c1-8-30(28)20-18(24-26-14(5)12(3)11(2)13(4)19(20)26)21-23-15-9-17(29(7)27)22-10-16(15)25(21)6/h9-10H,8H2,1-7H3. The first-order valence-corrected chi connectivity index (χ1v) is 12.6. The quantitative estimate of drug-likeness (QED) is 0.483. The molecule has 0 aromatic carbocycles. The van der Waals surface area contributed by atoms with Crippen molar-refractivity contribution in [3.8, 4) is 11.5 Å². The van der Waals surface area contributed by atoms with Crippen LogP contribution in [0.3, 0.4) is 0 Å². The van der Waals surface area contributed by atoms with Crippen LogP contribution < -0.4 is 0 Å². The Bertz CT molecular complexity index is 1380. The first kappa shape index (κ1) is 20.9. The van der Waals surface area contributed by atoms with E-state index in [9.17, 15) is 8.42 Å². The van der Waals surface area contributed by atoms with Crippen molar-refractivity contribution in [2.45, 2.75) is 44.5 Å². The van der Waals surface area contributed by atoms with Gasteiger partial charge in [0.25, 0.3) is 0 Å². The molecule has 0 aliphatic heterocycles. The van der Waals surface area contributed by atoms with Crippen LogP contribution in [0.4, 0.5) is 0 Å². The highest BCUT2D eigenvalue weighted by Crippen LogP contribution is 2.35. The van der Waals surface area contributed by atoms with Gasteiger partial charge in [-0.25, -0.2) is 14.5 Å². The lowest BCUT2D eigenvalue weighted by molar-refractivity contribution is 0.683. The first-order chi connectivity index (χ1) is 14.2. The van der Waals surface area contributed by atoms with E-state index in [-0.39, 0.29) is 0 Å². The van der Waals surface area contributed by atoms with Gasteiger partial charge in [0.1, 0.15) is 10.7 Å². The zero-order valence-electron chi connectivity index (χ0n) is 18.2. The van der Waals surface area contributed by atoms with E-state index in [0.29, 0.717) is 32.7 Å². The maximum Gasteiger partial charge on any atom is 0.162 e. The van der Waals surface area contributed by atoms with Gasteiger partial charge in [0.05, 0.1) is 49.2 Å². The van der Waals surface area contributed by atoms with E-state index in [2.05, 4.69) is 25.8 Å². The number of rotatable bonds is 4. The van der Waals surface area contributed by atoms with E-state index in [1.165, 1.54) is 11.1 Å². The van der Waals surface area contributed by atoms with Gasteiger partial charge in [0, 0.05) is 30.8 Å². The van der Waals surface area contributed by atoms with Gasteiger partial charge in [0.2, 0.25) is 0 Å². The molecule has 0 aliphatic carbocycles. The second-order valence-corrected chi connectivity index (χ2v) is 10.5. The predicted octanol–water partition coefficient (Wildman–Crippen LogP) is 3.38. The van der Waals surface area contributed by atoms with Crippen LogP contribution in [0.2, 0.25) is 0 Å². The predicted molar refractivity (Wildman–Crippen MR) is 121 cm³/mol. The summed E-state index contributed by atoms with van der Waals surface area (Å²) in [5, 5.41) is 5.37. The summed E-state index contributed by atoms with van der Waals surface area (Å²) in [6.45, 7) is 10.2. The van der Waals surface area contributed by atoms with Gasteiger partial charge in [0.15, 0.2) is 5.82 Å². The first-order valence-electron chi connectivity index (χ1n) is 9.71. The molecule has 0 bridgehead atoms. The largest absolute Gasteiger partial charge is 0.324 e. The second-order valence-electron chi connectivity index (χ2n) is 7.49. The number of pyridine rings is 2. The fourth-order valence-corrected chi connectivity index (χ4v) is 5.38. The summed E-state index contributed by atoms with van der Waals surface area (Å²) in [6, 6.07) is 1.74. The van der Waals surface area contributed by atoms with Crippen molar-refractivity contribution in [1.29, 1.82) is 0 Å². The Morgan fingerprint density at radius 1 is 1.07 bits per heavy atom. The van der Waals surface area contributed by atoms with Crippen molar-refractivity contribution < 1.29 is 8.42 Å². The average Bonchev–Trinajstić information content (AvgIpc) is 3.28. The zero-order chi connectivity index (χ0) is 21.9. The van der Waals surface area contributed by atoms with E-state index >= 15 is 0 Å². The minimum absolute atomic E-state index is 0.484. The van der Waals surface area contributed by atoms with Crippen molar-refractivity contribution in [2.75, 3.05) is 12.0 Å². The Labute approximate surface area is 180 Å². The van der Waals surface area contributed by atoms with Crippen LogP contribution in [0.15, 0.2) is 22.2 Å². The molecule has 0 amide bonds. The van der Waals surface area contributed by atoms with Crippen LogP contribution >= 0.6 is 0 Å². The van der Waals surface area contributed by atoms with E-state index in [4.69, 9.17) is 10.1 Å². The molecule has 30 heavy (non-hydrogen) atoms. The van der Waals surface area contributed by atoms with Crippen LogP contribution in [0.1, 0.15) is 29.3 Å². The van der Waals surface area contributed by atoms with E-state index in [1.807, 2.05) is 30.0 Å². The molecule has 0 aliphatic rings. The molecule has 9 heteroatoms. The van der Waals surface area contributed by atoms with Gasteiger partial charge in [-0.2, -0.15) is 5.10 Å². The Kier molecular flexibility index (Phi) is 5.14. The molecular formula is C21H25N5O2S2. The number of aromatic nitrogens is 5. The summed E-state index contributed by atoms with van der Waals surface area (Å²) < 4.78 is 28.8. The zero-order valence-corrected chi connectivity index (χ0v) is 19.9. The summed E-state index contributed by atoms with van der Waals surface area (Å²) in [5.41, 5.74) is 7.48. The van der Waals surface area contributed by atoms with Crippen molar-refractivity contribution in [1.82, 2.24) is 24.1 Å². The lowest BCUT2D eigenvalue weighted by atomic mass is 10.0. The maximum atomic E-state index is 13.2. The Hall–Kier alpha value is -2.39. The van der Waals surface area contributed by atoms with E-state index in [1.54, 1.807) is 18.5 Å². The third kappa shape index (κ3) is 2.94. The Morgan fingerprint density at radius 3 is 2.40 bits per heavy atom. The van der Waals surface area contributed by atoms with Crippen LogP contribution in [-0.2, 0) is 28.6 Å². The third-order valence-corrected chi connectivity index (χ3v) is 8.10. The SMILES string of the molecule is CCS(=O)c1c(-c2nc3cc(S(C)=O)ncc3n2C)nn2c(C)c(C)c(C)c(C)c12. The molecule has 2 atom stereocenters. The lowest BCUT2D eigenvalue weighted by Gasteiger charge is -2.12. The van der Waals surface area contributed by atoms with E-state index < -0.39 is 21.6 Å². The molecule has 0 N–H and O–H groups in total. The van der Waals surface area contributed by atoms with Crippen molar-refractivity contribution in [2.24, 2.45) is 7.05 Å². The second kappa shape index (κ2) is 7.39. The summed E-state index contributed by atoms with van der Waals surface area (Å²) >= 11 is 0. The Morgan fingerprint density at radius 2 is 1.77 bits per heavy atom. The van der Waals surface area contributed by atoms with E-state index in [0.717, 1.165) is 22.3 Å². The molecule has 0 saturated heterocycles. The van der Waals surface area contributed by atoms with Gasteiger partial charge in [-0.3, -0.25) is 8.42 Å². The molecule has 4 heterocycles. The molecule has 0 spiro atoms. The van der Waals surface area contributed by atoms with Gasteiger partial charge < -0.3 is 4.57 Å². The molecule has 2 unspecified atom stereocenters. The number of nitrogens with zero attached hydrogens (tertiary/aromatic N) is 5. The molecule has 0 radical (unpaired) electrons. The summed E-state index contributed by atoms with van der Waals surface area (Å²) in [6.07, 6.45) is 3.28. The van der Waals surface area contributed by atoms with Gasteiger partial charge in [-0.1, -0.05) is 6.92 Å². The van der Waals surface area contributed by atoms with Gasteiger partial charge >= 0.3 is 0 Å². The topological polar surface area (TPSA) is 82.1 Å². The van der Waals surface area contributed by atoms with Crippen molar-refractivity contribution in [3.63, 3.8) is 0 Å². The number of aryl methyl sites for hydroxylation is 3. The number of imidazole rings is 1. The highest BCUT2D eigenvalue weighted by molar-refractivity contribution is 7.85. The number of hydrogen-bond acceptors (Lipinski definition) is 5.